The molecule has 0 unspecified atom stereocenters. The largest absolute Gasteiger partial charge is 0.457 e. The van der Waals surface area contributed by atoms with E-state index < -0.39 is 0 Å². The first-order chi connectivity index (χ1) is 16.5. The number of benzene rings is 2. The molecule has 0 spiro atoms. The Labute approximate surface area is 199 Å². The maximum atomic E-state index is 12.9. The van der Waals surface area contributed by atoms with Crippen LogP contribution in [0.4, 0.5) is 0 Å². The van der Waals surface area contributed by atoms with Gasteiger partial charge in [0.1, 0.15) is 11.5 Å². The van der Waals surface area contributed by atoms with Crippen LogP contribution in [0.15, 0.2) is 60.9 Å². The van der Waals surface area contributed by atoms with Crippen LogP contribution in [0.1, 0.15) is 29.3 Å². The Kier molecular flexibility index (Phi) is 6.02. The van der Waals surface area contributed by atoms with Crippen molar-refractivity contribution in [3.8, 4) is 22.8 Å². The summed E-state index contributed by atoms with van der Waals surface area (Å²) in [5, 5.41) is 8.54. The van der Waals surface area contributed by atoms with Crippen molar-refractivity contribution >= 4 is 16.8 Å². The van der Waals surface area contributed by atoms with Gasteiger partial charge in [0, 0.05) is 54.5 Å². The van der Waals surface area contributed by atoms with Crippen LogP contribution in [0.25, 0.3) is 22.2 Å². The molecule has 1 N–H and O–H groups in total. The summed E-state index contributed by atoms with van der Waals surface area (Å²) in [6.07, 6.45) is 5.34. The number of rotatable bonds is 6. The number of aryl methyl sites for hydroxylation is 2. The van der Waals surface area contributed by atoms with E-state index >= 15 is 0 Å². The van der Waals surface area contributed by atoms with Gasteiger partial charge in [-0.3, -0.25) is 14.5 Å². The molecule has 0 aliphatic carbocycles. The minimum absolute atomic E-state index is 0.000648. The number of ether oxygens (including phenoxy) is 1. The van der Waals surface area contributed by atoms with E-state index in [4.69, 9.17) is 4.74 Å². The highest BCUT2D eigenvalue weighted by Gasteiger charge is 2.22. The van der Waals surface area contributed by atoms with Gasteiger partial charge < -0.3 is 15.0 Å². The van der Waals surface area contributed by atoms with E-state index in [-0.39, 0.29) is 11.9 Å². The van der Waals surface area contributed by atoms with Crippen LogP contribution in [-0.4, -0.2) is 51.8 Å². The topological polar surface area (TPSA) is 72.3 Å². The first-order valence-electron chi connectivity index (χ1n) is 11.7. The lowest BCUT2D eigenvalue weighted by molar-refractivity contribution is 0.0937. The fourth-order valence-corrected chi connectivity index (χ4v) is 4.54. The van der Waals surface area contributed by atoms with Crippen molar-refractivity contribution in [2.24, 2.45) is 7.05 Å². The van der Waals surface area contributed by atoms with Gasteiger partial charge in [-0.15, -0.1) is 0 Å². The summed E-state index contributed by atoms with van der Waals surface area (Å²) in [4.78, 5) is 19.7. The number of amides is 1. The number of nitrogens with one attached hydrogen (secondary N) is 1. The van der Waals surface area contributed by atoms with E-state index in [2.05, 4.69) is 40.3 Å². The monoisotopic (exact) mass is 455 g/mol. The molecule has 0 radical (unpaired) electrons. The number of hydrogen-bond donors (Lipinski definition) is 1. The molecule has 2 aromatic heterocycles. The number of carbonyl (C=O) groups is 1. The predicted octanol–water partition coefficient (Wildman–Crippen LogP) is 4.42. The fraction of sp³-hybridized carbons (Fsp3) is 0.296. The molecule has 1 atom stereocenters. The van der Waals surface area contributed by atoms with Gasteiger partial charge in [-0.05, 0) is 62.3 Å². The second kappa shape index (κ2) is 9.27. The zero-order valence-electron chi connectivity index (χ0n) is 19.8. The SMILES string of the molecule is CCc1cc(-c2cc(Oc3ccc4cnn(C)c4c3)ccn2)ccc1C(=O)N[C@@H]1CCN(C)C1. The van der Waals surface area contributed by atoms with Gasteiger partial charge in [-0.1, -0.05) is 13.0 Å². The Morgan fingerprint density at radius 3 is 2.76 bits per heavy atom. The van der Waals surface area contributed by atoms with Crippen LogP contribution < -0.4 is 10.1 Å². The lowest BCUT2D eigenvalue weighted by Crippen LogP contribution is -2.36. The van der Waals surface area contributed by atoms with Crippen LogP contribution in [-0.2, 0) is 13.5 Å². The van der Waals surface area contributed by atoms with Crippen molar-refractivity contribution < 1.29 is 9.53 Å². The van der Waals surface area contributed by atoms with Crippen LogP contribution in [0.2, 0.25) is 0 Å². The average molecular weight is 456 g/mol. The molecular formula is C27H29N5O2. The maximum absolute atomic E-state index is 12.9. The van der Waals surface area contributed by atoms with Crippen LogP contribution in [0.5, 0.6) is 11.5 Å². The van der Waals surface area contributed by atoms with Crippen molar-refractivity contribution in [3.05, 3.63) is 72.1 Å². The summed E-state index contributed by atoms with van der Waals surface area (Å²) in [6.45, 7) is 3.99. The molecule has 174 valence electrons. The van der Waals surface area contributed by atoms with Gasteiger partial charge in [-0.2, -0.15) is 5.10 Å². The second-order valence-electron chi connectivity index (χ2n) is 8.91. The Morgan fingerprint density at radius 2 is 1.97 bits per heavy atom. The second-order valence-corrected chi connectivity index (χ2v) is 8.91. The van der Waals surface area contributed by atoms with E-state index in [0.29, 0.717) is 5.75 Å². The molecule has 5 rings (SSSR count). The molecule has 7 heteroatoms. The van der Waals surface area contributed by atoms with Gasteiger partial charge in [-0.25, -0.2) is 0 Å². The summed E-state index contributed by atoms with van der Waals surface area (Å²) >= 11 is 0. The summed E-state index contributed by atoms with van der Waals surface area (Å²) in [5.41, 5.74) is 4.52. The number of pyridine rings is 1. The molecule has 1 aliphatic rings. The number of likely N-dealkylation sites (N-methyl/N-ethyl adjacent to an activating group) is 1. The molecule has 2 aromatic carbocycles. The average Bonchev–Trinajstić information content (AvgIpc) is 3.43. The lowest BCUT2D eigenvalue weighted by Gasteiger charge is -2.15. The Hall–Kier alpha value is -3.71. The fourth-order valence-electron chi connectivity index (χ4n) is 4.54. The number of fused-ring (bicyclic) bond motifs is 1. The van der Waals surface area contributed by atoms with Crippen molar-refractivity contribution in [1.82, 2.24) is 25.0 Å². The van der Waals surface area contributed by atoms with Crippen molar-refractivity contribution in [3.63, 3.8) is 0 Å². The number of nitrogens with zero attached hydrogens (tertiary/aromatic N) is 4. The van der Waals surface area contributed by atoms with Gasteiger partial charge in [0.25, 0.3) is 5.91 Å². The minimum atomic E-state index is -0.000648. The molecular weight excluding hydrogens is 426 g/mol. The molecule has 1 fully saturated rings. The van der Waals surface area contributed by atoms with Crippen LogP contribution in [0.3, 0.4) is 0 Å². The summed E-state index contributed by atoms with van der Waals surface area (Å²) < 4.78 is 7.95. The molecule has 1 amide bonds. The van der Waals surface area contributed by atoms with E-state index in [0.717, 1.165) is 65.0 Å². The number of aromatic nitrogens is 3. The molecule has 7 nitrogen and oxygen atoms in total. The third-order valence-electron chi connectivity index (χ3n) is 6.44. The van der Waals surface area contributed by atoms with E-state index in [1.807, 2.05) is 60.4 Å². The normalized spacial score (nSPS) is 16.1. The van der Waals surface area contributed by atoms with E-state index in [1.54, 1.807) is 6.20 Å². The van der Waals surface area contributed by atoms with E-state index in [9.17, 15) is 4.79 Å². The van der Waals surface area contributed by atoms with E-state index in [1.165, 1.54) is 0 Å². The quantitative estimate of drug-likeness (QED) is 0.466. The van der Waals surface area contributed by atoms with Gasteiger partial charge in [0.2, 0.25) is 0 Å². The lowest BCUT2D eigenvalue weighted by atomic mass is 9.99. The van der Waals surface area contributed by atoms with Crippen molar-refractivity contribution in [2.45, 2.75) is 25.8 Å². The maximum Gasteiger partial charge on any atom is 0.251 e. The zero-order valence-corrected chi connectivity index (χ0v) is 19.8. The summed E-state index contributed by atoms with van der Waals surface area (Å²) in [6, 6.07) is 15.8. The zero-order chi connectivity index (χ0) is 23.7. The molecule has 3 heterocycles. The highest BCUT2D eigenvalue weighted by atomic mass is 16.5. The Balaban J connectivity index is 1.36. The van der Waals surface area contributed by atoms with Crippen LogP contribution >= 0.6 is 0 Å². The summed E-state index contributed by atoms with van der Waals surface area (Å²) in [5.74, 6) is 1.45. The van der Waals surface area contributed by atoms with Crippen molar-refractivity contribution in [2.75, 3.05) is 20.1 Å². The Bertz CT molecular complexity index is 1350. The third-order valence-corrected chi connectivity index (χ3v) is 6.44. The molecule has 34 heavy (non-hydrogen) atoms. The van der Waals surface area contributed by atoms with Crippen LogP contribution in [0, 0.1) is 0 Å². The highest BCUT2D eigenvalue weighted by molar-refractivity contribution is 5.96. The first-order valence-corrected chi connectivity index (χ1v) is 11.7. The van der Waals surface area contributed by atoms with Crippen molar-refractivity contribution in [1.29, 1.82) is 0 Å². The molecule has 1 aliphatic heterocycles. The van der Waals surface area contributed by atoms with Gasteiger partial charge >= 0.3 is 0 Å². The van der Waals surface area contributed by atoms with Gasteiger partial charge in [0.05, 0.1) is 17.4 Å². The molecule has 0 saturated carbocycles. The summed E-state index contributed by atoms with van der Waals surface area (Å²) in [7, 11) is 4.00. The number of carbonyl (C=O) groups excluding carboxylic acids is 1. The predicted molar refractivity (Wildman–Crippen MR) is 133 cm³/mol. The van der Waals surface area contributed by atoms with Gasteiger partial charge in [0.15, 0.2) is 0 Å². The number of hydrogen-bond acceptors (Lipinski definition) is 5. The molecule has 0 bridgehead atoms. The Morgan fingerprint density at radius 1 is 1.12 bits per heavy atom. The third kappa shape index (κ3) is 4.52. The molecule has 1 saturated heterocycles. The first kappa shape index (κ1) is 22.1. The minimum Gasteiger partial charge on any atom is -0.457 e. The highest BCUT2D eigenvalue weighted by Crippen LogP contribution is 2.29. The number of likely N-dealkylation sites (tertiary alicyclic amines) is 1. The molecule has 4 aromatic rings. The standard InChI is InChI=1S/C27H29N5O2/c1-4-18-13-19(6-8-24(18)27(33)30-21-10-12-31(2)17-21)25-14-23(9-11-28-25)34-22-7-5-20-16-29-32(3)26(20)15-22/h5-9,11,13-16,21H,4,10,12,17H2,1-3H3,(H,30,33)/t21-/m1/s1. The smallest absolute Gasteiger partial charge is 0.251 e.